The average Bonchev–Trinajstić information content (AvgIpc) is 3.55. The first-order valence-electron chi connectivity index (χ1n) is 20.9. The Bertz CT molecular complexity index is 2590. The summed E-state index contributed by atoms with van der Waals surface area (Å²) in [5.41, 5.74) is 15.3. The number of benzene rings is 5. The minimum Gasteiger partial charge on any atom is -0.507 e. The first-order valence-corrected chi connectivity index (χ1v) is 20.9. The predicted octanol–water partition coefficient (Wildman–Crippen LogP) is 14.7. The van der Waals surface area contributed by atoms with Gasteiger partial charge in [-0.15, -0.1) is 28.8 Å². The SMILES string of the molecule is CC(C)c1cccc(C(C)C)c1-n1c(-c2cc(-c3ccccc3)ccc2O)nc2c(-c3[c-]c(-c4ccccn4)c(C(C)(C)C)cc3C(C)(C)C)cc(C(C)(C)C)cc21.[Pt]. The largest absolute Gasteiger partial charge is 0.507 e. The van der Waals surface area contributed by atoms with E-state index < -0.39 is 0 Å². The van der Waals surface area contributed by atoms with E-state index in [2.05, 4.69) is 180 Å². The molecule has 5 heteroatoms. The van der Waals surface area contributed by atoms with Crippen molar-refractivity contribution in [2.24, 2.45) is 0 Å². The Hall–Kier alpha value is -4.79. The second-order valence-corrected chi connectivity index (χ2v) is 19.7. The number of phenols is 1. The summed E-state index contributed by atoms with van der Waals surface area (Å²) in [6, 6.07) is 40.2. The molecule has 308 valence electrons. The zero-order valence-corrected chi connectivity index (χ0v) is 39.4. The van der Waals surface area contributed by atoms with Gasteiger partial charge in [-0.1, -0.05) is 174 Å². The van der Waals surface area contributed by atoms with E-state index in [0.29, 0.717) is 11.4 Å². The molecule has 0 unspecified atom stereocenters. The molecule has 0 saturated carbocycles. The van der Waals surface area contributed by atoms with Gasteiger partial charge in [0, 0.05) is 33.0 Å². The van der Waals surface area contributed by atoms with Gasteiger partial charge in [-0.05, 0) is 80.2 Å². The second-order valence-electron chi connectivity index (χ2n) is 19.7. The van der Waals surface area contributed by atoms with Crippen molar-refractivity contribution in [2.45, 2.75) is 118 Å². The van der Waals surface area contributed by atoms with E-state index in [1.54, 1.807) is 0 Å². The molecule has 0 amide bonds. The summed E-state index contributed by atoms with van der Waals surface area (Å²) in [6.45, 7) is 29.6. The second kappa shape index (κ2) is 16.3. The third kappa shape index (κ3) is 8.49. The van der Waals surface area contributed by atoms with Gasteiger partial charge in [-0.25, -0.2) is 4.98 Å². The van der Waals surface area contributed by atoms with E-state index in [9.17, 15) is 5.11 Å². The fourth-order valence-electron chi connectivity index (χ4n) is 8.16. The molecule has 7 rings (SSSR count). The number of aromatic nitrogens is 3. The molecule has 0 spiro atoms. The summed E-state index contributed by atoms with van der Waals surface area (Å²) in [4.78, 5) is 10.6. The molecular formula is C54H60N3OPt-. The molecule has 2 heterocycles. The number of rotatable bonds is 7. The van der Waals surface area contributed by atoms with Crippen LogP contribution in [0.5, 0.6) is 5.75 Å². The normalized spacial score (nSPS) is 12.4. The van der Waals surface area contributed by atoms with Crippen LogP contribution in [0.15, 0.2) is 109 Å². The van der Waals surface area contributed by atoms with Crippen molar-refractivity contribution in [1.82, 2.24) is 14.5 Å². The van der Waals surface area contributed by atoms with Gasteiger partial charge in [0.05, 0.1) is 22.3 Å². The van der Waals surface area contributed by atoms with Crippen molar-refractivity contribution >= 4 is 11.0 Å². The number of para-hydroxylation sites is 1. The molecule has 7 aromatic rings. The topological polar surface area (TPSA) is 50.9 Å². The fourth-order valence-corrected chi connectivity index (χ4v) is 8.16. The van der Waals surface area contributed by atoms with Crippen molar-refractivity contribution in [2.75, 3.05) is 0 Å². The van der Waals surface area contributed by atoms with Crippen molar-refractivity contribution in [3.05, 3.63) is 143 Å². The number of phenolic OH excluding ortho intramolecular Hbond substituents is 1. The summed E-state index contributed by atoms with van der Waals surface area (Å²) in [6.07, 6.45) is 1.87. The first-order chi connectivity index (χ1) is 27.3. The van der Waals surface area contributed by atoms with Crippen LogP contribution in [0.25, 0.3) is 61.6 Å². The molecule has 4 nitrogen and oxygen atoms in total. The van der Waals surface area contributed by atoms with Crippen LogP contribution in [0.4, 0.5) is 0 Å². The van der Waals surface area contributed by atoms with E-state index in [1.807, 2.05) is 30.5 Å². The van der Waals surface area contributed by atoms with Crippen LogP contribution in [0.2, 0.25) is 0 Å². The molecule has 59 heavy (non-hydrogen) atoms. The number of imidazole rings is 1. The number of nitrogens with zero attached hydrogens (tertiary/aromatic N) is 3. The molecular weight excluding hydrogens is 902 g/mol. The Balaban J connectivity index is 0.00000585. The van der Waals surface area contributed by atoms with Crippen LogP contribution in [-0.4, -0.2) is 19.6 Å². The molecule has 0 saturated heterocycles. The van der Waals surface area contributed by atoms with Crippen LogP contribution < -0.4 is 0 Å². The number of pyridine rings is 1. The quantitative estimate of drug-likeness (QED) is 0.162. The van der Waals surface area contributed by atoms with Crippen LogP contribution in [0.1, 0.15) is 130 Å². The molecule has 0 aliphatic rings. The van der Waals surface area contributed by atoms with Gasteiger partial charge in [0.25, 0.3) is 0 Å². The van der Waals surface area contributed by atoms with E-state index in [4.69, 9.17) is 9.97 Å². The first kappa shape index (κ1) is 43.8. The maximum atomic E-state index is 11.9. The maximum absolute atomic E-state index is 11.9. The zero-order valence-electron chi connectivity index (χ0n) is 37.2. The Morgan fingerprint density at radius 3 is 1.76 bits per heavy atom. The molecule has 1 N–H and O–H groups in total. The van der Waals surface area contributed by atoms with Crippen molar-refractivity contribution in [3.63, 3.8) is 0 Å². The van der Waals surface area contributed by atoms with Crippen LogP contribution >= 0.6 is 0 Å². The number of fused-ring (bicyclic) bond motifs is 1. The fraction of sp³-hybridized carbons (Fsp3) is 0.333. The van der Waals surface area contributed by atoms with Gasteiger partial charge >= 0.3 is 0 Å². The molecule has 0 bridgehead atoms. The van der Waals surface area contributed by atoms with Gasteiger partial charge in [0.15, 0.2) is 0 Å². The summed E-state index contributed by atoms with van der Waals surface area (Å²) < 4.78 is 2.36. The standard InChI is InChI=1S/C54H60N3O.Pt/c1-33(2)38-22-19-23-39(34(3)4)50(38)57-47-30-37(52(5,6)7)29-41(49(47)56-51(57)43-28-36(25-26-48(43)58)35-20-15-14-16-21-35)40-31-42(46-24-17-18-27-55-46)45(54(11,12)13)32-44(40)53(8,9)10;/h14-30,32-34,58H,1-13H3;/q-1;. The molecule has 0 fully saturated rings. The van der Waals surface area contributed by atoms with Crippen LogP contribution in [-0.2, 0) is 37.3 Å². The van der Waals surface area contributed by atoms with E-state index in [-0.39, 0.29) is 54.9 Å². The molecule has 5 aromatic carbocycles. The number of aromatic hydroxyl groups is 1. The smallest absolute Gasteiger partial charge is 0.148 e. The Labute approximate surface area is 367 Å². The third-order valence-corrected chi connectivity index (χ3v) is 11.4. The van der Waals surface area contributed by atoms with Crippen molar-refractivity contribution < 1.29 is 26.2 Å². The van der Waals surface area contributed by atoms with Gasteiger partial charge in [-0.3, -0.25) is 9.55 Å². The Kier molecular flexibility index (Phi) is 12.1. The van der Waals surface area contributed by atoms with Crippen LogP contribution in [0.3, 0.4) is 0 Å². The van der Waals surface area contributed by atoms with Crippen molar-refractivity contribution in [3.8, 4) is 56.3 Å². The van der Waals surface area contributed by atoms with Gasteiger partial charge < -0.3 is 5.11 Å². The predicted molar refractivity (Wildman–Crippen MR) is 245 cm³/mol. The Morgan fingerprint density at radius 1 is 0.593 bits per heavy atom. The summed E-state index contributed by atoms with van der Waals surface area (Å²) in [7, 11) is 0. The molecule has 0 aliphatic heterocycles. The van der Waals surface area contributed by atoms with Gasteiger partial charge in [-0.2, -0.15) is 0 Å². The van der Waals surface area contributed by atoms with E-state index in [0.717, 1.165) is 50.2 Å². The summed E-state index contributed by atoms with van der Waals surface area (Å²) in [5, 5.41) is 11.9. The average molecular weight is 962 g/mol. The zero-order chi connectivity index (χ0) is 41.9. The minimum atomic E-state index is -0.221. The minimum absolute atomic E-state index is 0. The summed E-state index contributed by atoms with van der Waals surface area (Å²) >= 11 is 0. The number of hydrogen-bond donors (Lipinski definition) is 1. The van der Waals surface area contributed by atoms with Crippen LogP contribution in [0, 0.1) is 6.07 Å². The molecule has 0 radical (unpaired) electrons. The monoisotopic (exact) mass is 961 g/mol. The van der Waals surface area contributed by atoms with Gasteiger partial charge in [0.2, 0.25) is 0 Å². The molecule has 0 aliphatic carbocycles. The molecule has 2 aromatic heterocycles. The van der Waals surface area contributed by atoms with E-state index >= 15 is 0 Å². The Morgan fingerprint density at radius 2 is 1.20 bits per heavy atom. The summed E-state index contributed by atoms with van der Waals surface area (Å²) in [5.74, 6) is 1.37. The molecule has 0 atom stereocenters. The van der Waals surface area contributed by atoms with E-state index in [1.165, 1.54) is 27.8 Å². The van der Waals surface area contributed by atoms with Crippen molar-refractivity contribution in [1.29, 1.82) is 0 Å². The number of hydrogen-bond acceptors (Lipinski definition) is 3. The van der Waals surface area contributed by atoms with Gasteiger partial charge in [0.1, 0.15) is 11.6 Å². The maximum Gasteiger partial charge on any atom is 0.148 e. The third-order valence-electron chi connectivity index (χ3n) is 11.4.